The summed E-state index contributed by atoms with van der Waals surface area (Å²) in [7, 11) is -3.88. The topological polar surface area (TPSA) is 88.1 Å². The summed E-state index contributed by atoms with van der Waals surface area (Å²) in [6, 6.07) is 24.5. The van der Waals surface area contributed by atoms with Gasteiger partial charge < -0.3 is 4.74 Å². The van der Waals surface area contributed by atoms with Crippen LogP contribution >= 0.6 is 0 Å². The first-order valence-electron chi connectivity index (χ1n) is 10.1. The lowest BCUT2D eigenvalue weighted by Gasteiger charge is -2.21. The zero-order chi connectivity index (χ0) is 22.8. The molecule has 0 bridgehead atoms. The molecule has 3 rings (SSSR count). The fraction of sp³-hybridized carbons (Fsp3) is 0.167. The summed E-state index contributed by atoms with van der Waals surface area (Å²) >= 11 is 0. The van der Waals surface area contributed by atoms with Crippen molar-refractivity contribution in [2.24, 2.45) is 5.10 Å². The van der Waals surface area contributed by atoms with Crippen LogP contribution in [0.1, 0.15) is 18.1 Å². The normalized spacial score (nSPS) is 11.6. The number of ether oxygens (including phenoxy) is 1. The Morgan fingerprint density at radius 3 is 2.28 bits per heavy atom. The second-order valence-corrected chi connectivity index (χ2v) is 8.77. The third kappa shape index (κ3) is 6.26. The number of hydrogen-bond donors (Lipinski definition) is 1. The second-order valence-electron chi connectivity index (χ2n) is 6.84. The van der Waals surface area contributed by atoms with Crippen LogP contribution in [0.3, 0.4) is 0 Å². The average Bonchev–Trinajstić information content (AvgIpc) is 2.81. The van der Waals surface area contributed by atoms with Gasteiger partial charge >= 0.3 is 0 Å². The lowest BCUT2D eigenvalue weighted by atomic mass is 10.2. The van der Waals surface area contributed by atoms with Crippen molar-refractivity contribution in [2.45, 2.75) is 18.4 Å². The molecular formula is C24H25N3O4S. The summed E-state index contributed by atoms with van der Waals surface area (Å²) in [6.45, 7) is 2.06. The number of sulfonamides is 1. The maximum atomic E-state index is 13.2. The highest BCUT2D eigenvalue weighted by molar-refractivity contribution is 7.89. The van der Waals surface area contributed by atoms with E-state index in [9.17, 15) is 13.2 Å². The van der Waals surface area contributed by atoms with Crippen LogP contribution in [0.4, 0.5) is 0 Å². The monoisotopic (exact) mass is 451 g/mol. The van der Waals surface area contributed by atoms with E-state index in [1.807, 2.05) is 55.5 Å². The van der Waals surface area contributed by atoms with Gasteiger partial charge in [0.2, 0.25) is 10.0 Å². The van der Waals surface area contributed by atoms with Crippen molar-refractivity contribution in [3.05, 3.63) is 96.1 Å². The Kier molecular flexibility index (Phi) is 8.13. The average molecular weight is 452 g/mol. The molecule has 0 radical (unpaired) electrons. The minimum absolute atomic E-state index is 0.0579. The van der Waals surface area contributed by atoms with Crippen LogP contribution in [-0.4, -0.2) is 38.0 Å². The molecule has 7 nitrogen and oxygen atoms in total. The van der Waals surface area contributed by atoms with Gasteiger partial charge in [-0.2, -0.15) is 9.41 Å². The number of hydrogen-bond acceptors (Lipinski definition) is 5. The summed E-state index contributed by atoms with van der Waals surface area (Å²) in [5, 5.41) is 3.97. The molecule has 0 spiro atoms. The van der Waals surface area contributed by atoms with Crippen LogP contribution in [0, 0.1) is 0 Å². The highest BCUT2D eigenvalue weighted by Gasteiger charge is 2.26. The SMILES string of the molecule is CCOc1ccccc1/C=N/NC(=O)CN(Cc1ccccc1)S(=O)(=O)c1ccccc1. The van der Waals surface area contributed by atoms with Crippen LogP contribution < -0.4 is 10.2 Å². The fourth-order valence-corrected chi connectivity index (χ4v) is 4.40. The van der Waals surface area contributed by atoms with Gasteiger partial charge in [0, 0.05) is 12.1 Å². The second kappa shape index (κ2) is 11.2. The summed E-state index contributed by atoms with van der Waals surface area (Å²) in [6.07, 6.45) is 1.47. The number of para-hydroxylation sites is 1. The van der Waals surface area contributed by atoms with Gasteiger partial charge in [-0.1, -0.05) is 60.7 Å². The number of nitrogens with one attached hydrogen (secondary N) is 1. The molecule has 166 valence electrons. The van der Waals surface area contributed by atoms with Crippen molar-refractivity contribution in [2.75, 3.05) is 13.2 Å². The molecule has 0 unspecified atom stereocenters. The first kappa shape index (κ1) is 23.2. The zero-order valence-corrected chi connectivity index (χ0v) is 18.5. The number of benzene rings is 3. The Labute approximate surface area is 188 Å². The molecule has 8 heteroatoms. The van der Waals surface area contributed by atoms with Gasteiger partial charge in [0.1, 0.15) is 5.75 Å². The smallest absolute Gasteiger partial charge is 0.255 e. The van der Waals surface area contributed by atoms with E-state index in [-0.39, 0.29) is 18.0 Å². The molecule has 0 aliphatic carbocycles. The van der Waals surface area contributed by atoms with Crippen molar-refractivity contribution in [1.82, 2.24) is 9.73 Å². The molecule has 32 heavy (non-hydrogen) atoms. The molecule has 0 saturated carbocycles. The molecule has 0 atom stereocenters. The maximum Gasteiger partial charge on any atom is 0.255 e. The predicted octanol–water partition coefficient (Wildman–Crippen LogP) is 3.43. The van der Waals surface area contributed by atoms with Crippen molar-refractivity contribution in [1.29, 1.82) is 0 Å². The maximum absolute atomic E-state index is 13.2. The summed E-state index contributed by atoms with van der Waals surface area (Å²) in [5.74, 6) is 0.0935. The first-order chi connectivity index (χ1) is 15.5. The van der Waals surface area contributed by atoms with Crippen molar-refractivity contribution >= 4 is 22.1 Å². The zero-order valence-electron chi connectivity index (χ0n) is 17.7. The minimum Gasteiger partial charge on any atom is -0.493 e. The molecule has 1 amide bonds. The van der Waals surface area contributed by atoms with Gasteiger partial charge in [0.25, 0.3) is 5.91 Å². The lowest BCUT2D eigenvalue weighted by Crippen LogP contribution is -2.39. The van der Waals surface area contributed by atoms with E-state index in [4.69, 9.17) is 4.74 Å². The molecule has 0 fully saturated rings. The molecule has 3 aromatic carbocycles. The largest absolute Gasteiger partial charge is 0.493 e. The molecule has 0 saturated heterocycles. The molecule has 1 N–H and O–H groups in total. The van der Waals surface area contributed by atoms with E-state index in [1.165, 1.54) is 18.3 Å². The predicted molar refractivity (Wildman–Crippen MR) is 124 cm³/mol. The Bertz CT molecular complexity index is 1150. The highest BCUT2D eigenvalue weighted by Crippen LogP contribution is 2.18. The summed E-state index contributed by atoms with van der Waals surface area (Å²) < 4.78 is 33.0. The van der Waals surface area contributed by atoms with Gasteiger partial charge in [-0.05, 0) is 36.8 Å². The number of carbonyl (C=O) groups excluding carboxylic acids is 1. The van der Waals surface area contributed by atoms with Crippen LogP contribution in [0.15, 0.2) is 94.9 Å². The minimum atomic E-state index is -3.88. The van der Waals surface area contributed by atoms with Crippen LogP contribution in [-0.2, 0) is 21.4 Å². The number of rotatable bonds is 10. The van der Waals surface area contributed by atoms with Crippen molar-refractivity contribution < 1.29 is 17.9 Å². The van der Waals surface area contributed by atoms with E-state index in [0.29, 0.717) is 17.9 Å². The van der Waals surface area contributed by atoms with E-state index in [0.717, 1.165) is 9.87 Å². The third-order valence-corrected chi connectivity index (χ3v) is 6.32. The van der Waals surface area contributed by atoms with Gasteiger partial charge in [0.05, 0.1) is 24.3 Å². The molecule has 0 aliphatic rings. The fourth-order valence-electron chi connectivity index (χ4n) is 3.00. The molecular weight excluding hydrogens is 426 g/mol. The Balaban J connectivity index is 1.75. The van der Waals surface area contributed by atoms with Gasteiger partial charge in [-0.3, -0.25) is 4.79 Å². The molecule has 0 aliphatic heterocycles. The lowest BCUT2D eigenvalue weighted by molar-refractivity contribution is -0.121. The van der Waals surface area contributed by atoms with Crippen LogP contribution in [0.2, 0.25) is 0 Å². The molecule has 3 aromatic rings. The first-order valence-corrected chi connectivity index (χ1v) is 11.6. The van der Waals surface area contributed by atoms with Gasteiger partial charge in [-0.25, -0.2) is 13.8 Å². The summed E-state index contributed by atoms with van der Waals surface area (Å²) in [5.41, 5.74) is 3.88. The molecule has 0 heterocycles. The Morgan fingerprint density at radius 1 is 0.969 bits per heavy atom. The van der Waals surface area contributed by atoms with E-state index in [1.54, 1.807) is 24.3 Å². The number of hydrazone groups is 1. The van der Waals surface area contributed by atoms with Crippen LogP contribution in [0.5, 0.6) is 5.75 Å². The van der Waals surface area contributed by atoms with E-state index >= 15 is 0 Å². The number of amides is 1. The third-order valence-electron chi connectivity index (χ3n) is 4.51. The van der Waals surface area contributed by atoms with Crippen molar-refractivity contribution in [3.63, 3.8) is 0 Å². The Morgan fingerprint density at radius 2 is 1.59 bits per heavy atom. The molecule has 0 aromatic heterocycles. The summed E-state index contributed by atoms with van der Waals surface area (Å²) in [4.78, 5) is 12.7. The van der Waals surface area contributed by atoms with Crippen LogP contribution in [0.25, 0.3) is 0 Å². The van der Waals surface area contributed by atoms with E-state index < -0.39 is 15.9 Å². The number of carbonyl (C=O) groups is 1. The standard InChI is InChI=1S/C24H25N3O4S/c1-2-31-23-16-10-9-13-21(23)17-25-26-24(28)19-27(18-20-11-5-3-6-12-20)32(29,30)22-14-7-4-8-15-22/h3-17H,2,18-19H2,1H3,(H,26,28)/b25-17+. The quantitative estimate of drug-likeness (QED) is 0.378. The van der Waals surface area contributed by atoms with Gasteiger partial charge in [-0.15, -0.1) is 0 Å². The van der Waals surface area contributed by atoms with Gasteiger partial charge in [0.15, 0.2) is 0 Å². The highest BCUT2D eigenvalue weighted by atomic mass is 32.2. The van der Waals surface area contributed by atoms with E-state index in [2.05, 4.69) is 10.5 Å². The number of nitrogens with zero attached hydrogens (tertiary/aromatic N) is 2. The Hall–Kier alpha value is -3.49. The van der Waals surface area contributed by atoms with Crippen molar-refractivity contribution in [3.8, 4) is 5.75 Å².